The molecule has 18 heavy (non-hydrogen) atoms. The van der Waals surface area contributed by atoms with E-state index in [1.54, 1.807) is 11.3 Å². The SMILES string of the molecule is Cc1ccc(-c2nc(CNC3CC3)cs2)cc1Br. The zero-order valence-electron chi connectivity index (χ0n) is 10.2. The van der Waals surface area contributed by atoms with E-state index < -0.39 is 0 Å². The quantitative estimate of drug-likeness (QED) is 0.915. The zero-order valence-corrected chi connectivity index (χ0v) is 12.6. The van der Waals surface area contributed by atoms with Crippen LogP contribution in [0.1, 0.15) is 24.1 Å². The molecule has 0 unspecified atom stereocenters. The third-order valence-electron chi connectivity index (χ3n) is 3.12. The van der Waals surface area contributed by atoms with Gasteiger partial charge >= 0.3 is 0 Å². The van der Waals surface area contributed by atoms with Crippen molar-refractivity contribution in [3.8, 4) is 10.6 Å². The summed E-state index contributed by atoms with van der Waals surface area (Å²) < 4.78 is 1.15. The lowest BCUT2D eigenvalue weighted by atomic mass is 10.2. The van der Waals surface area contributed by atoms with Gasteiger partial charge in [0.25, 0.3) is 0 Å². The summed E-state index contributed by atoms with van der Waals surface area (Å²) in [6, 6.07) is 7.15. The molecule has 94 valence electrons. The van der Waals surface area contributed by atoms with Gasteiger partial charge in [-0.1, -0.05) is 28.1 Å². The highest BCUT2D eigenvalue weighted by atomic mass is 79.9. The molecule has 1 saturated carbocycles. The van der Waals surface area contributed by atoms with Crippen LogP contribution < -0.4 is 5.32 Å². The molecule has 2 aromatic rings. The van der Waals surface area contributed by atoms with E-state index in [0.717, 1.165) is 27.8 Å². The molecule has 0 saturated heterocycles. The van der Waals surface area contributed by atoms with Gasteiger partial charge in [0.05, 0.1) is 5.69 Å². The van der Waals surface area contributed by atoms with Gasteiger partial charge in [0.2, 0.25) is 0 Å². The van der Waals surface area contributed by atoms with Crippen LogP contribution in [0.25, 0.3) is 10.6 Å². The van der Waals surface area contributed by atoms with E-state index in [2.05, 4.69) is 56.7 Å². The highest BCUT2D eigenvalue weighted by molar-refractivity contribution is 9.10. The predicted molar refractivity (Wildman–Crippen MR) is 79.8 cm³/mol. The number of thiazole rings is 1. The van der Waals surface area contributed by atoms with Crippen molar-refractivity contribution in [3.05, 3.63) is 39.3 Å². The van der Waals surface area contributed by atoms with Gasteiger partial charge in [-0.15, -0.1) is 11.3 Å². The average Bonchev–Trinajstić information content (AvgIpc) is 3.08. The standard InChI is InChI=1S/C14H15BrN2S/c1-9-2-3-10(6-13(9)15)14-17-12(8-18-14)7-16-11-4-5-11/h2-3,6,8,11,16H,4-5,7H2,1H3. The number of rotatable bonds is 4. The molecule has 0 radical (unpaired) electrons. The Morgan fingerprint density at radius 3 is 3.00 bits per heavy atom. The van der Waals surface area contributed by atoms with E-state index in [0.29, 0.717) is 0 Å². The van der Waals surface area contributed by atoms with Crippen molar-refractivity contribution in [2.24, 2.45) is 0 Å². The Morgan fingerprint density at radius 2 is 2.28 bits per heavy atom. The first-order valence-corrected chi connectivity index (χ1v) is 7.84. The summed E-state index contributed by atoms with van der Waals surface area (Å²) in [4.78, 5) is 4.69. The number of benzene rings is 1. The molecule has 1 aliphatic carbocycles. The van der Waals surface area contributed by atoms with Crippen molar-refractivity contribution in [2.45, 2.75) is 32.4 Å². The van der Waals surface area contributed by atoms with Gasteiger partial charge in [0, 0.05) is 28.0 Å². The van der Waals surface area contributed by atoms with Crippen molar-refractivity contribution in [3.63, 3.8) is 0 Å². The molecule has 1 N–H and O–H groups in total. The lowest BCUT2D eigenvalue weighted by Crippen LogP contribution is -2.15. The van der Waals surface area contributed by atoms with Crippen molar-refractivity contribution in [1.82, 2.24) is 10.3 Å². The molecular formula is C14H15BrN2S. The lowest BCUT2D eigenvalue weighted by molar-refractivity contribution is 0.678. The van der Waals surface area contributed by atoms with Crippen molar-refractivity contribution in [1.29, 1.82) is 0 Å². The first kappa shape index (κ1) is 12.3. The second-order valence-electron chi connectivity index (χ2n) is 4.76. The minimum Gasteiger partial charge on any atom is -0.308 e. The summed E-state index contributed by atoms with van der Waals surface area (Å²) in [6.07, 6.45) is 2.64. The zero-order chi connectivity index (χ0) is 12.5. The van der Waals surface area contributed by atoms with Crippen molar-refractivity contribution >= 4 is 27.3 Å². The molecule has 0 spiro atoms. The minimum absolute atomic E-state index is 0.740. The second kappa shape index (κ2) is 5.11. The van der Waals surface area contributed by atoms with Crippen LogP contribution in [0.3, 0.4) is 0 Å². The van der Waals surface area contributed by atoms with Crippen LogP contribution in [0, 0.1) is 6.92 Å². The number of nitrogens with one attached hydrogen (secondary N) is 1. The maximum Gasteiger partial charge on any atom is 0.123 e. The topological polar surface area (TPSA) is 24.9 Å². The smallest absolute Gasteiger partial charge is 0.123 e. The molecule has 0 amide bonds. The van der Waals surface area contributed by atoms with Crippen molar-refractivity contribution < 1.29 is 0 Å². The molecule has 0 atom stereocenters. The van der Waals surface area contributed by atoms with Crippen LogP contribution >= 0.6 is 27.3 Å². The Kier molecular flexibility index (Phi) is 3.50. The molecule has 3 rings (SSSR count). The van der Waals surface area contributed by atoms with Crippen LogP contribution in [-0.2, 0) is 6.54 Å². The molecule has 0 aliphatic heterocycles. The van der Waals surface area contributed by atoms with Gasteiger partial charge in [0.1, 0.15) is 5.01 Å². The van der Waals surface area contributed by atoms with E-state index in [-0.39, 0.29) is 0 Å². The number of hydrogen-bond acceptors (Lipinski definition) is 3. The van der Waals surface area contributed by atoms with E-state index in [4.69, 9.17) is 0 Å². The van der Waals surface area contributed by atoms with Crippen LogP contribution in [0.4, 0.5) is 0 Å². The van der Waals surface area contributed by atoms with E-state index in [1.165, 1.54) is 24.0 Å². The summed E-state index contributed by atoms with van der Waals surface area (Å²) in [6.45, 7) is 2.99. The van der Waals surface area contributed by atoms with Gasteiger partial charge < -0.3 is 5.32 Å². The lowest BCUT2D eigenvalue weighted by Gasteiger charge is -2.01. The molecule has 4 heteroatoms. The maximum atomic E-state index is 4.69. The first-order chi connectivity index (χ1) is 8.72. The molecule has 1 aromatic heterocycles. The monoisotopic (exact) mass is 322 g/mol. The molecule has 1 aromatic carbocycles. The van der Waals surface area contributed by atoms with Gasteiger partial charge in [-0.3, -0.25) is 0 Å². The summed E-state index contributed by atoms with van der Waals surface area (Å²) in [5.74, 6) is 0. The number of hydrogen-bond donors (Lipinski definition) is 1. The predicted octanol–water partition coefficient (Wildman–Crippen LogP) is 4.13. The summed E-state index contributed by atoms with van der Waals surface area (Å²) >= 11 is 5.29. The molecular weight excluding hydrogens is 308 g/mol. The maximum absolute atomic E-state index is 4.69. The van der Waals surface area contributed by atoms with Crippen LogP contribution in [0.2, 0.25) is 0 Å². The van der Waals surface area contributed by atoms with Gasteiger partial charge in [-0.2, -0.15) is 0 Å². The molecule has 1 aliphatic rings. The Morgan fingerprint density at radius 1 is 1.44 bits per heavy atom. The fourth-order valence-corrected chi connectivity index (χ4v) is 2.98. The third kappa shape index (κ3) is 2.82. The average molecular weight is 323 g/mol. The largest absolute Gasteiger partial charge is 0.308 e. The number of aromatic nitrogens is 1. The van der Waals surface area contributed by atoms with Crippen LogP contribution in [0.5, 0.6) is 0 Å². The third-order valence-corrected chi connectivity index (χ3v) is 4.91. The number of nitrogens with zero attached hydrogens (tertiary/aromatic N) is 1. The summed E-state index contributed by atoms with van der Waals surface area (Å²) in [5, 5.41) is 6.74. The van der Waals surface area contributed by atoms with Gasteiger partial charge in [-0.05, 0) is 31.4 Å². The Labute approximate surface area is 120 Å². The number of aryl methyl sites for hydroxylation is 1. The van der Waals surface area contributed by atoms with Crippen LogP contribution in [0.15, 0.2) is 28.1 Å². The molecule has 2 nitrogen and oxygen atoms in total. The van der Waals surface area contributed by atoms with Gasteiger partial charge in [0.15, 0.2) is 0 Å². The Bertz CT molecular complexity index is 561. The van der Waals surface area contributed by atoms with Gasteiger partial charge in [-0.25, -0.2) is 4.98 Å². The fourth-order valence-electron chi connectivity index (χ4n) is 1.78. The highest BCUT2D eigenvalue weighted by Crippen LogP contribution is 2.28. The molecule has 0 bridgehead atoms. The van der Waals surface area contributed by atoms with Crippen molar-refractivity contribution in [2.75, 3.05) is 0 Å². The summed E-state index contributed by atoms with van der Waals surface area (Å²) in [7, 11) is 0. The fraction of sp³-hybridized carbons (Fsp3) is 0.357. The highest BCUT2D eigenvalue weighted by Gasteiger charge is 2.20. The first-order valence-electron chi connectivity index (χ1n) is 6.17. The van der Waals surface area contributed by atoms with Crippen LogP contribution in [-0.4, -0.2) is 11.0 Å². The van der Waals surface area contributed by atoms with E-state index >= 15 is 0 Å². The van der Waals surface area contributed by atoms with E-state index in [9.17, 15) is 0 Å². The van der Waals surface area contributed by atoms with E-state index in [1.807, 2.05) is 0 Å². The second-order valence-corrected chi connectivity index (χ2v) is 6.48. The molecule has 1 fully saturated rings. The summed E-state index contributed by atoms with van der Waals surface area (Å²) in [5.41, 5.74) is 3.60. The minimum atomic E-state index is 0.740. The Balaban J connectivity index is 1.76. The normalized spacial score (nSPS) is 15.0. The Hall–Kier alpha value is -0.710. The number of halogens is 1. The molecule has 1 heterocycles.